The van der Waals surface area contributed by atoms with E-state index < -0.39 is 0 Å². The third kappa shape index (κ3) is 3.95. The first-order chi connectivity index (χ1) is 11.6. The van der Waals surface area contributed by atoms with Crippen LogP contribution in [0.4, 0.5) is 11.5 Å². The molecule has 6 heteroatoms. The van der Waals surface area contributed by atoms with Gasteiger partial charge < -0.3 is 19.7 Å². The summed E-state index contributed by atoms with van der Waals surface area (Å²) in [6.45, 7) is 5.26. The number of carbonyl (C=O) groups is 1. The van der Waals surface area contributed by atoms with Crippen LogP contribution in [0.25, 0.3) is 0 Å². The van der Waals surface area contributed by atoms with Gasteiger partial charge in [0.05, 0.1) is 19.9 Å². The van der Waals surface area contributed by atoms with Crippen LogP contribution < -0.4 is 14.8 Å². The lowest BCUT2D eigenvalue weighted by Gasteiger charge is -2.19. The number of nitrogens with one attached hydrogen (secondary N) is 1. The third-order valence-corrected chi connectivity index (χ3v) is 3.73. The van der Waals surface area contributed by atoms with Gasteiger partial charge in [-0.05, 0) is 38.1 Å². The average Bonchev–Trinajstić information content (AvgIpc) is 2.62. The summed E-state index contributed by atoms with van der Waals surface area (Å²) in [6, 6.07) is 8.90. The van der Waals surface area contributed by atoms with Crippen LogP contribution in [-0.2, 0) is 0 Å². The summed E-state index contributed by atoms with van der Waals surface area (Å²) in [5, 5.41) is 3.18. The molecule has 0 aliphatic carbocycles. The number of ether oxygens (including phenoxy) is 2. The van der Waals surface area contributed by atoms with Crippen molar-refractivity contribution >= 4 is 17.4 Å². The van der Waals surface area contributed by atoms with Crippen LogP contribution in [0.1, 0.15) is 24.2 Å². The molecule has 2 rings (SSSR count). The van der Waals surface area contributed by atoms with Gasteiger partial charge in [0.25, 0.3) is 5.91 Å². The maximum absolute atomic E-state index is 12.5. The zero-order chi connectivity index (χ0) is 17.5. The largest absolute Gasteiger partial charge is 0.497 e. The molecule has 0 saturated carbocycles. The Hall–Kier alpha value is -2.76. The summed E-state index contributed by atoms with van der Waals surface area (Å²) in [6.07, 6.45) is 1.62. The lowest BCUT2D eigenvalue weighted by molar-refractivity contribution is 0.0773. The minimum absolute atomic E-state index is 0.0111. The first-order valence-electron chi connectivity index (χ1n) is 7.87. The van der Waals surface area contributed by atoms with E-state index in [-0.39, 0.29) is 5.91 Å². The van der Waals surface area contributed by atoms with Gasteiger partial charge in [-0.15, -0.1) is 0 Å². The van der Waals surface area contributed by atoms with Crippen LogP contribution in [-0.4, -0.2) is 43.1 Å². The van der Waals surface area contributed by atoms with Crippen LogP contribution >= 0.6 is 0 Å². The number of amides is 1. The molecule has 0 atom stereocenters. The number of aromatic nitrogens is 1. The molecule has 1 aromatic heterocycles. The number of benzene rings is 1. The fourth-order valence-corrected chi connectivity index (χ4v) is 2.38. The number of pyridine rings is 1. The van der Waals surface area contributed by atoms with E-state index in [4.69, 9.17) is 9.47 Å². The molecule has 2 aromatic rings. The summed E-state index contributed by atoms with van der Waals surface area (Å²) in [7, 11) is 3.20. The van der Waals surface area contributed by atoms with Gasteiger partial charge in [0.15, 0.2) is 0 Å². The van der Waals surface area contributed by atoms with Crippen LogP contribution in [0.2, 0.25) is 0 Å². The summed E-state index contributed by atoms with van der Waals surface area (Å²) in [5.74, 6) is 1.93. The zero-order valence-electron chi connectivity index (χ0n) is 14.5. The number of hydrogen-bond acceptors (Lipinski definition) is 5. The van der Waals surface area contributed by atoms with Crippen LogP contribution in [0, 0.1) is 0 Å². The van der Waals surface area contributed by atoms with E-state index >= 15 is 0 Å². The zero-order valence-corrected chi connectivity index (χ0v) is 14.5. The predicted molar refractivity (Wildman–Crippen MR) is 94.3 cm³/mol. The fourth-order valence-electron chi connectivity index (χ4n) is 2.38. The molecule has 0 unspecified atom stereocenters. The summed E-state index contributed by atoms with van der Waals surface area (Å²) >= 11 is 0. The highest BCUT2D eigenvalue weighted by molar-refractivity contribution is 5.95. The van der Waals surface area contributed by atoms with Crippen molar-refractivity contribution < 1.29 is 14.3 Å². The maximum atomic E-state index is 12.5. The quantitative estimate of drug-likeness (QED) is 0.844. The molecule has 0 fully saturated rings. The van der Waals surface area contributed by atoms with E-state index in [1.165, 1.54) is 0 Å². The lowest BCUT2D eigenvalue weighted by Crippen LogP contribution is -2.30. The maximum Gasteiger partial charge on any atom is 0.254 e. The van der Waals surface area contributed by atoms with Gasteiger partial charge in [0.2, 0.25) is 0 Å². The molecular formula is C18H23N3O3. The number of methoxy groups -OCH3 is 2. The van der Waals surface area contributed by atoms with E-state index in [1.807, 2.05) is 32.0 Å². The molecular weight excluding hydrogens is 306 g/mol. The first kappa shape index (κ1) is 17.6. The molecule has 0 radical (unpaired) electrons. The van der Waals surface area contributed by atoms with Gasteiger partial charge in [-0.2, -0.15) is 0 Å². The second-order valence-corrected chi connectivity index (χ2v) is 5.10. The summed E-state index contributed by atoms with van der Waals surface area (Å²) in [4.78, 5) is 18.5. The molecule has 0 saturated heterocycles. The van der Waals surface area contributed by atoms with E-state index in [0.29, 0.717) is 36.0 Å². The normalized spacial score (nSPS) is 10.2. The Labute approximate surface area is 142 Å². The minimum Gasteiger partial charge on any atom is -0.497 e. The topological polar surface area (TPSA) is 63.7 Å². The Kier molecular flexibility index (Phi) is 6.01. The average molecular weight is 329 g/mol. The highest BCUT2D eigenvalue weighted by Gasteiger charge is 2.14. The van der Waals surface area contributed by atoms with Crippen molar-refractivity contribution in [3.8, 4) is 11.5 Å². The van der Waals surface area contributed by atoms with Gasteiger partial charge in [0, 0.05) is 30.9 Å². The van der Waals surface area contributed by atoms with Crippen LogP contribution in [0.15, 0.2) is 36.5 Å². The summed E-state index contributed by atoms with van der Waals surface area (Å²) in [5.41, 5.74) is 1.31. The number of rotatable bonds is 7. The van der Waals surface area contributed by atoms with Crippen molar-refractivity contribution in [1.29, 1.82) is 0 Å². The SMILES string of the molecule is CCN(CC)C(=O)c1ccnc(Nc2cc(OC)ccc2OC)c1. The highest BCUT2D eigenvalue weighted by atomic mass is 16.5. The van der Waals surface area contributed by atoms with Gasteiger partial charge in [-0.1, -0.05) is 0 Å². The fraction of sp³-hybridized carbons (Fsp3) is 0.333. The predicted octanol–water partition coefficient (Wildman–Crippen LogP) is 3.32. The molecule has 6 nitrogen and oxygen atoms in total. The van der Waals surface area contributed by atoms with Crippen molar-refractivity contribution in [2.24, 2.45) is 0 Å². The molecule has 0 bridgehead atoms. The molecule has 0 aliphatic rings. The Bertz CT molecular complexity index is 700. The van der Waals surface area contributed by atoms with Crippen molar-refractivity contribution in [3.05, 3.63) is 42.1 Å². The minimum atomic E-state index is -0.0111. The number of anilines is 2. The molecule has 0 aliphatic heterocycles. The molecule has 1 amide bonds. The molecule has 24 heavy (non-hydrogen) atoms. The molecule has 1 heterocycles. The van der Waals surface area contributed by atoms with Gasteiger partial charge in [-0.25, -0.2) is 4.98 Å². The monoisotopic (exact) mass is 329 g/mol. The Morgan fingerprint density at radius 2 is 1.88 bits per heavy atom. The van der Waals surface area contributed by atoms with E-state index in [1.54, 1.807) is 37.4 Å². The van der Waals surface area contributed by atoms with Crippen molar-refractivity contribution in [1.82, 2.24) is 9.88 Å². The number of hydrogen-bond donors (Lipinski definition) is 1. The van der Waals surface area contributed by atoms with Gasteiger partial charge in [0.1, 0.15) is 17.3 Å². The Morgan fingerprint density at radius 1 is 1.12 bits per heavy atom. The van der Waals surface area contributed by atoms with E-state index in [0.717, 1.165) is 5.69 Å². The van der Waals surface area contributed by atoms with Crippen LogP contribution in [0.3, 0.4) is 0 Å². The first-order valence-corrected chi connectivity index (χ1v) is 7.87. The van der Waals surface area contributed by atoms with Crippen molar-refractivity contribution in [3.63, 3.8) is 0 Å². The van der Waals surface area contributed by atoms with Crippen LogP contribution in [0.5, 0.6) is 11.5 Å². The second kappa shape index (κ2) is 8.19. The van der Waals surface area contributed by atoms with Crippen molar-refractivity contribution in [2.75, 3.05) is 32.6 Å². The van der Waals surface area contributed by atoms with E-state index in [9.17, 15) is 4.79 Å². The number of nitrogens with zero attached hydrogens (tertiary/aromatic N) is 2. The number of carbonyl (C=O) groups excluding carboxylic acids is 1. The van der Waals surface area contributed by atoms with Crippen molar-refractivity contribution in [2.45, 2.75) is 13.8 Å². The standard InChI is InChI=1S/C18H23N3O3/c1-5-21(6-2)18(22)13-9-10-19-17(11-13)20-15-12-14(23-3)7-8-16(15)24-4/h7-12H,5-6H2,1-4H3,(H,19,20). The second-order valence-electron chi connectivity index (χ2n) is 5.10. The van der Waals surface area contributed by atoms with Gasteiger partial charge >= 0.3 is 0 Å². The Morgan fingerprint density at radius 3 is 2.50 bits per heavy atom. The van der Waals surface area contributed by atoms with Gasteiger partial charge in [-0.3, -0.25) is 4.79 Å². The molecule has 1 N–H and O–H groups in total. The molecule has 1 aromatic carbocycles. The smallest absolute Gasteiger partial charge is 0.254 e. The molecule has 0 spiro atoms. The highest BCUT2D eigenvalue weighted by Crippen LogP contribution is 2.31. The molecule has 128 valence electrons. The van der Waals surface area contributed by atoms with E-state index in [2.05, 4.69) is 10.3 Å². The lowest BCUT2D eigenvalue weighted by atomic mass is 10.2. The summed E-state index contributed by atoms with van der Waals surface area (Å²) < 4.78 is 10.6. The Balaban J connectivity index is 2.28. The third-order valence-electron chi connectivity index (χ3n) is 3.73.